The monoisotopic (exact) mass is 931 g/mol. The Morgan fingerprint density at radius 2 is 1.31 bits per heavy atom. The first-order valence-electron chi connectivity index (χ1n) is 25.9. The van der Waals surface area contributed by atoms with E-state index >= 15 is 0 Å². The smallest absolute Gasteiger partial charge is 0.0159 e. The molecule has 354 valence electrons. The lowest BCUT2D eigenvalue weighted by Crippen LogP contribution is -2.16. The van der Waals surface area contributed by atoms with Gasteiger partial charge in [0.2, 0.25) is 0 Å². The third kappa shape index (κ3) is 9.31. The molecule has 0 aliphatic heterocycles. The van der Waals surface area contributed by atoms with E-state index in [9.17, 15) is 0 Å². The minimum atomic E-state index is -0.152. The molecular formula is C72H66. The highest BCUT2D eigenvalue weighted by molar-refractivity contribution is 6.19. The summed E-state index contributed by atoms with van der Waals surface area (Å²) in [5.41, 5.74) is 24.7. The number of aryl methyl sites for hydroxylation is 2. The Hall–Kier alpha value is -7.80. The Morgan fingerprint density at radius 1 is 0.625 bits per heavy atom. The maximum Gasteiger partial charge on any atom is 0.0159 e. The van der Waals surface area contributed by atoms with Crippen LogP contribution in [-0.4, -0.2) is 0 Å². The van der Waals surface area contributed by atoms with Gasteiger partial charge in [0.1, 0.15) is 0 Å². The molecule has 1 unspecified atom stereocenters. The summed E-state index contributed by atoms with van der Waals surface area (Å²) in [6, 6.07) is 56.3. The minimum absolute atomic E-state index is 0.152. The van der Waals surface area contributed by atoms with E-state index < -0.39 is 0 Å². The van der Waals surface area contributed by atoms with Crippen LogP contribution in [0.15, 0.2) is 218 Å². The Morgan fingerprint density at radius 3 is 1.97 bits per heavy atom. The van der Waals surface area contributed by atoms with Crippen LogP contribution in [0.2, 0.25) is 0 Å². The highest BCUT2D eigenvalue weighted by Crippen LogP contribution is 2.50. The van der Waals surface area contributed by atoms with Crippen molar-refractivity contribution in [3.63, 3.8) is 0 Å². The van der Waals surface area contributed by atoms with Crippen LogP contribution in [0.3, 0.4) is 0 Å². The molecule has 0 N–H and O–H groups in total. The van der Waals surface area contributed by atoms with Crippen molar-refractivity contribution in [2.24, 2.45) is 5.92 Å². The average molecular weight is 931 g/mol. The first-order chi connectivity index (χ1) is 35.0. The third-order valence-electron chi connectivity index (χ3n) is 15.1. The molecule has 3 aliphatic carbocycles. The lowest BCUT2D eigenvalue weighted by atomic mass is 9.79. The summed E-state index contributed by atoms with van der Waals surface area (Å²) in [6.45, 7) is 19.8. The van der Waals surface area contributed by atoms with Gasteiger partial charge in [-0.05, 0) is 175 Å². The van der Waals surface area contributed by atoms with Crippen molar-refractivity contribution < 1.29 is 0 Å². The topological polar surface area (TPSA) is 0 Å². The summed E-state index contributed by atoms with van der Waals surface area (Å²) >= 11 is 0. The van der Waals surface area contributed by atoms with Crippen LogP contribution in [0.25, 0.3) is 83.8 Å². The second-order valence-corrected chi connectivity index (χ2v) is 20.6. The molecular weight excluding hydrogens is 865 g/mol. The Kier molecular flexibility index (Phi) is 13.6. The van der Waals surface area contributed by atoms with Crippen molar-refractivity contribution in [3.05, 3.63) is 269 Å². The van der Waals surface area contributed by atoms with Crippen molar-refractivity contribution in [3.8, 4) is 33.4 Å². The van der Waals surface area contributed by atoms with Gasteiger partial charge in [-0.3, -0.25) is 0 Å². The molecule has 8 aromatic carbocycles. The number of benzene rings is 8. The van der Waals surface area contributed by atoms with Crippen molar-refractivity contribution in [2.45, 2.75) is 73.1 Å². The molecule has 0 saturated carbocycles. The summed E-state index contributed by atoms with van der Waals surface area (Å²) in [6.07, 6.45) is 27.9. The van der Waals surface area contributed by atoms with Gasteiger partial charge in [-0.1, -0.05) is 251 Å². The molecule has 0 heteroatoms. The quantitative estimate of drug-likeness (QED) is 0.0999. The molecule has 1 atom stereocenters. The van der Waals surface area contributed by atoms with Crippen LogP contribution in [-0.2, 0) is 11.8 Å². The van der Waals surface area contributed by atoms with Crippen LogP contribution in [0.4, 0.5) is 0 Å². The van der Waals surface area contributed by atoms with Crippen molar-refractivity contribution >= 4 is 50.4 Å². The third-order valence-corrected chi connectivity index (χ3v) is 15.1. The molecule has 3 aliphatic rings. The van der Waals surface area contributed by atoms with Gasteiger partial charge in [-0.25, -0.2) is 0 Å². The molecule has 0 fully saturated rings. The standard InChI is InChI=1S/C50H44.C22H22/c1-7-40-41-28-27-38(31-47(41)50(5,6)46(40)30-34(4)35-21-19-32(2)20-22-35)36-23-25-37(26-24-36)48-42-15-8-10-17-44(42)49(39-14-12-13-33(3)29-39)45-18-11-9-16-43(45)48;1-3-4-5-11-19-15-14-18-10-6-7-13-21(18)22(19)20-12-8-9-17(2)16-20/h7-12,14-31,33H,1,13H2,2-6H3;3-6,8-12,14-16H,7,13H2,1-2H3/b34-30+;4-3-,11-5-. The largest absolute Gasteiger partial charge is 0.0984 e. The van der Waals surface area contributed by atoms with Gasteiger partial charge in [-0.2, -0.15) is 0 Å². The summed E-state index contributed by atoms with van der Waals surface area (Å²) in [5.74, 6) is 0.537. The molecule has 0 aromatic heterocycles. The predicted octanol–water partition coefficient (Wildman–Crippen LogP) is 20.2. The SMILES string of the molecule is C/C=C\C=C/c1ccc2c(c1-c1cccc(C)c1)CCC=C2.C=CC1=C(/C=C(\C)c2ccc(C)cc2)C(C)(C)c2cc(-c3ccc(-c4c5ccccc5c(C5=CC(C)CC=C5)c5ccccc45)cc3)ccc21. The van der Waals surface area contributed by atoms with Crippen LogP contribution >= 0.6 is 0 Å². The molecule has 0 nitrogen and oxygen atoms in total. The Labute approximate surface area is 429 Å². The van der Waals surface area contributed by atoms with Crippen LogP contribution in [0, 0.1) is 19.8 Å². The van der Waals surface area contributed by atoms with Gasteiger partial charge in [0.25, 0.3) is 0 Å². The maximum absolute atomic E-state index is 4.25. The lowest BCUT2D eigenvalue weighted by Gasteiger charge is -2.24. The van der Waals surface area contributed by atoms with Gasteiger partial charge >= 0.3 is 0 Å². The van der Waals surface area contributed by atoms with E-state index in [-0.39, 0.29) is 5.41 Å². The van der Waals surface area contributed by atoms with Crippen molar-refractivity contribution in [1.29, 1.82) is 0 Å². The number of fused-ring (bicyclic) bond motifs is 4. The fourth-order valence-corrected chi connectivity index (χ4v) is 11.4. The maximum atomic E-state index is 4.25. The normalized spacial score (nSPS) is 16.0. The van der Waals surface area contributed by atoms with Gasteiger partial charge in [-0.15, -0.1) is 0 Å². The van der Waals surface area contributed by atoms with Gasteiger partial charge in [0, 0.05) is 5.41 Å². The van der Waals surface area contributed by atoms with E-state index in [0.717, 1.165) is 19.3 Å². The number of hydrogen-bond donors (Lipinski definition) is 0. The summed E-state index contributed by atoms with van der Waals surface area (Å²) in [4.78, 5) is 0. The van der Waals surface area contributed by atoms with Gasteiger partial charge < -0.3 is 0 Å². The van der Waals surface area contributed by atoms with E-state index in [2.05, 4.69) is 261 Å². The molecule has 0 bridgehead atoms. The highest BCUT2D eigenvalue weighted by atomic mass is 14.4. The molecule has 11 rings (SSSR count). The minimum Gasteiger partial charge on any atom is -0.0984 e. The Balaban J connectivity index is 0.000000226. The zero-order chi connectivity index (χ0) is 49.9. The summed E-state index contributed by atoms with van der Waals surface area (Å²) in [5, 5.41) is 5.21. The summed E-state index contributed by atoms with van der Waals surface area (Å²) < 4.78 is 0. The van der Waals surface area contributed by atoms with Gasteiger partial charge in [0.15, 0.2) is 0 Å². The van der Waals surface area contributed by atoms with Crippen molar-refractivity contribution in [1.82, 2.24) is 0 Å². The lowest BCUT2D eigenvalue weighted by molar-refractivity contribution is 0.654. The van der Waals surface area contributed by atoms with E-state index in [1.54, 1.807) is 0 Å². The first-order valence-corrected chi connectivity index (χ1v) is 25.9. The zero-order valence-corrected chi connectivity index (χ0v) is 43.2. The molecule has 0 spiro atoms. The van der Waals surface area contributed by atoms with Crippen LogP contribution < -0.4 is 0 Å². The highest BCUT2D eigenvalue weighted by Gasteiger charge is 2.36. The number of allylic oxidation sites excluding steroid dienone is 13. The number of rotatable bonds is 9. The first kappa shape index (κ1) is 47.9. The molecule has 0 saturated heterocycles. The van der Waals surface area contributed by atoms with Crippen LogP contribution in [0.5, 0.6) is 0 Å². The zero-order valence-electron chi connectivity index (χ0n) is 43.2. The van der Waals surface area contributed by atoms with E-state index in [1.165, 1.54) is 127 Å². The second-order valence-electron chi connectivity index (χ2n) is 20.6. The average Bonchev–Trinajstić information content (AvgIpc) is 3.61. The predicted molar refractivity (Wildman–Crippen MR) is 316 cm³/mol. The molecule has 0 radical (unpaired) electrons. The molecule has 72 heavy (non-hydrogen) atoms. The Bertz CT molecular complexity index is 3550. The fraction of sp³-hybridized carbons (Fsp3) is 0.167. The molecule has 0 amide bonds. The molecule has 0 heterocycles. The summed E-state index contributed by atoms with van der Waals surface area (Å²) in [7, 11) is 0. The number of hydrogen-bond acceptors (Lipinski definition) is 0. The second kappa shape index (κ2) is 20.5. The fourth-order valence-electron chi connectivity index (χ4n) is 11.4. The van der Waals surface area contributed by atoms with Crippen molar-refractivity contribution in [2.75, 3.05) is 0 Å². The van der Waals surface area contributed by atoms with Gasteiger partial charge in [0.05, 0.1) is 0 Å². The molecule has 8 aromatic rings. The van der Waals surface area contributed by atoms with Crippen LogP contribution in [0.1, 0.15) is 97.5 Å². The van der Waals surface area contributed by atoms with E-state index in [1.807, 2.05) is 13.0 Å². The van der Waals surface area contributed by atoms with E-state index in [4.69, 9.17) is 0 Å². The van der Waals surface area contributed by atoms with E-state index in [0.29, 0.717) is 5.92 Å².